The van der Waals surface area contributed by atoms with E-state index in [9.17, 15) is 29.4 Å². The van der Waals surface area contributed by atoms with E-state index in [2.05, 4.69) is 0 Å². The molecule has 2 N–H and O–H groups in total. The van der Waals surface area contributed by atoms with Gasteiger partial charge >= 0.3 is 0 Å². The van der Waals surface area contributed by atoms with Crippen molar-refractivity contribution in [3.63, 3.8) is 0 Å². The van der Waals surface area contributed by atoms with Gasteiger partial charge in [0, 0.05) is 73.6 Å². The van der Waals surface area contributed by atoms with Gasteiger partial charge in [0.1, 0.15) is 22.1 Å². The number of ether oxygens (including phenoxy) is 4. The lowest BCUT2D eigenvalue weighted by molar-refractivity contribution is -0.134. The maximum Gasteiger partial charge on any atom is 0.250 e. The SMILES string of the molecule is COc1cc(C(CC(=O)N2CC3CC(C2)c2cccc(=O)n2C3)C2=C(O)C3(Oc4c(Cl)c(OC)cc(OC)c4C3=O)C(C)CC2=O)ccc1O. The summed E-state index contributed by atoms with van der Waals surface area (Å²) in [6.45, 7) is 2.92. The number of pyridine rings is 1. The van der Waals surface area contributed by atoms with Crippen molar-refractivity contribution in [2.45, 2.75) is 50.2 Å². The molecule has 1 aliphatic carbocycles. The molecule has 1 aromatic heterocycles. The Bertz CT molecular complexity index is 2040. The van der Waals surface area contributed by atoms with E-state index >= 15 is 0 Å². The van der Waals surface area contributed by atoms with E-state index in [1.165, 1.54) is 45.6 Å². The molecule has 262 valence electrons. The minimum absolute atomic E-state index is 0.00135. The Balaban J connectivity index is 1.32. The first-order valence-corrected chi connectivity index (χ1v) is 16.8. The maximum absolute atomic E-state index is 14.4. The number of Topliss-reactive ketones (excluding diaryl/α,β-unsaturated/α-hetero) is 2. The average molecular weight is 705 g/mol. The highest BCUT2D eigenvalue weighted by Gasteiger charge is 2.61. The standard InChI is InChI=1S/C37H37ClN2O10/c1-18-10-25(42)31(35(45)37(18)36(46)32-27(48-3)14-28(49-4)33(38)34(32)50-37)22(20-8-9-24(41)26(12-20)47-2)13-30(44)39-15-19-11-21(17-39)23-6-5-7-29(43)40(23)16-19/h5-9,12,14,18-19,21-22,41,45H,10-11,13,15-17H2,1-4H3. The number of carbonyl (C=O) groups is 3. The van der Waals surface area contributed by atoms with Crippen LogP contribution in [0.2, 0.25) is 5.02 Å². The Morgan fingerprint density at radius 2 is 1.74 bits per heavy atom. The highest BCUT2D eigenvalue weighted by atomic mass is 35.5. The van der Waals surface area contributed by atoms with Crippen molar-refractivity contribution < 1.29 is 43.5 Å². The van der Waals surface area contributed by atoms with E-state index in [0.717, 1.165) is 12.1 Å². The summed E-state index contributed by atoms with van der Waals surface area (Å²) in [5.74, 6) is -3.66. The molecule has 1 amide bonds. The second-order valence-electron chi connectivity index (χ2n) is 13.4. The number of allylic oxidation sites excluding steroid dienone is 1. The van der Waals surface area contributed by atoms with Crippen molar-refractivity contribution in [3.05, 3.63) is 86.0 Å². The van der Waals surface area contributed by atoms with Crippen molar-refractivity contribution in [3.8, 4) is 28.7 Å². The third kappa shape index (κ3) is 5.02. The number of halogens is 1. The topological polar surface area (TPSA) is 154 Å². The zero-order valence-corrected chi connectivity index (χ0v) is 28.8. The third-order valence-electron chi connectivity index (χ3n) is 10.7. The molecule has 1 spiro atoms. The number of rotatable bonds is 7. The number of carbonyl (C=O) groups excluding carboxylic acids is 3. The van der Waals surface area contributed by atoms with E-state index < -0.39 is 34.8 Å². The van der Waals surface area contributed by atoms with Gasteiger partial charge in [0.15, 0.2) is 28.8 Å². The second kappa shape index (κ2) is 12.4. The summed E-state index contributed by atoms with van der Waals surface area (Å²) >= 11 is 6.62. The van der Waals surface area contributed by atoms with Gasteiger partial charge in [0.05, 0.1) is 21.3 Å². The number of fused-ring (bicyclic) bond motifs is 5. The van der Waals surface area contributed by atoms with Gasteiger partial charge in [0.2, 0.25) is 17.3 Å². The lowest BCUT2D eigenvalue weighted by Crippen LogP contribution is -2.53. The summed E-state index contributed by atoms with van der Waals surface area (Å²) in [7, 11) is 4.15. The predicted molar refractivity (Wildman–Crippen MR) is 181 cm³/mol. The summed E-state index contributed by atoms with van der Waals surface area (Å²) in [4.78, 5) is 57.1. The maximum atomic E-state index is 14.4. The summed E-state index contributed by atoms with van der Waals surface area (Å²) in [5.41, 5.74) is -0.974. The van der Waals surface area contributed by atoms with Crippen LogP contribution in [0.4, 0.5) is 0 Å². The van der Waals surface area contributed by atoms with Crippen molar-refractivity contribution >= 4 is 29.1 Å². The third-order valence-corrected chi connectivity index (χ3v) is 11.0. The number of aromatic hydroxyl groups is 1. The average Bonchev–Trinajstić information content (AvgIpc) is 3.42. The lowest BCUT2D eigenvalue weighted by atomic mass is 9.69. The largest absolute Gasteiger partial charge is 0.507 e. The quantitative estimate of drug-likeness (QED) is 0.351. The Labute approximate surface area is 292 Å². The number of aromatic nitrogens is 1. The minimum atomic E-state index is -2.05. The van der Waals surface area contributed by atoms with Gasteiger partial charge in [0.25, 0.3) is 5.56 Å². The van der Waals surface area contributed by atoms with E-state index in [1.807, 2.05) is 6.07 Å². The van der Waals surface area contributed by atoms with Crippen LogP contribution in [-0.2, 0) is 16.1 Å². The molecule has 3 aromatic rings. The fraction of sp³-hybridized carbons (Fsp3) is 0.405. The summed E-state index contributed by atoms with van der Waals surface area (Å²) in [5, 5.41) is 22.7. The number of aliphatic hydroxyl groups excluding tert-OH is 1. The number of benzene rings is 2. The number of aliphatic hydroxyl groups is 1. The Kier molecular flexibility index (Phi) is 8.32. The van der Waals surface area contributed by atoms with Gasteiger partial charge in [-0.05, 0) is 36.1 Å². The van der Waals surface area contributed by atoms with Crippen molar-refractivity contribution in [2.24, 2.45) is 11.8 Å². The van der Waals surface area contributed by atoms with Gasteiger partial charge in [-0.1, -0.05) is 30.7 Å². The van der Waals surface area contributed by atoms with Crippen LogP contribution in [0.1, 0.15) is 59.6 Å². The van der Waals surface area contributed by atoms with E-state index in [4.69, 9.17) is 30.5 Å². The summed E-state index contributed by atoms with van der Waals surface area (Å²) in [6, 6.07) is 11.1. The molecule has 3 aliphatic heterocycles. The number of ketones is 2. The van der Waals surface area contributed by atoms with Crippen LogP contribution in [-0.4, -0.2) is 77.2 Å². The molecule has 1 fully saturated rings. The minimum Gasteiger partial charge on any atom is -0.507 e. The molecule has 4 aliphatic rings. The van der Waals surface area contributed by atoms with Crippen LogP contribution < -0.4 is 24.5 Å². The molecule has 4 heterocycles. The Hall–Kier alpha value is -4.97. The molecule has 2 aromatic carbocycles. The highest BCUT2D eigenvalue weighted by molar-refractivity contribution is 6.35. The number of phenolic OH excluding ortho intramolecular Hbond substituents is 1. The summed E-state index contributed by atoms with van der Waals surface area (Å²) in [6.07, 6.45) is 0.409. The van der Waals surface area contributed by atoms with Crippen molar-refractivity contribution in [1.29, 1.82) is 0 Å². The molecule has 2 bridgehead atoms. The molecule has 50 heavy (non-hydrogen) atoms. The first-order valence-electron chi connectivity index (χ1n) is 16.4. The molecule has 0 radical (unpaired) electrons. The number of likely N-dealkylation sites (tertiary alicyclic amines) is 1. The zero-order valence-electron chi connectivity index (χ0n) is 28.0. The van der Waals surface area contributed by atoms with Gasteiger partial charge in [-0.2, -0.15) is 0 Å². The molecule has 13 heteroatoms. The second-order valence-corrected chi connectivity index (χ2v) is 13.8. The van der Waals surface area contributed by atoms with Gasteiger partial charge in [-0.25, -0.2) is 0 Å². The summed E-state index contributed by atoms with van der Waals surface area (Å²) < 4.78 is 24.4. The molecule has 5 atom stereocenters. The van der Waals surface area contributed by atoms with E-state index in [1.54, 1.807) is 28.5 Å². The highest BCUT2D eigenvalue weighted by Crippen LogP contribution is 2.56. The smallest absolute Gasteiger partial charge is 0.250 e. The Morgan fingerprint density at radius 3 is 2.46 bits per heavy atom. The van der Waals surface area contributed by atoms with Crippen LogP contribution in [0, 0.1) is 11.8 Å². The number of hydrogen-bond acceptors (Lipinski definition) is 10. The van der Waals surface area contributed by atoms with Crippen LogP contribution in [0.15, 0.2) is 58.6 Å². The first-order chi connectivity index (χ1) is 23.9. The van der Waals surface area contributed by atoms with Crippen molar-refractivity contribution in [1.82, 2.24) is 9.47 Å². The lowest BCUT2D eigenvalue weighted by Gasteiger charge is -2.43. The van der Waals surface area contributed by atoms with Crippen molar-refractivity contribution in [2.75, 3.05) is 34.4 Å². The van der Waals surface area contributed by atoms with Crippen LogP contribution in [0.25, 0.3) is 0 Å². The van der Waals surface area contributed by atoms with Crippen LogP contribution >= 0.6 is 11.6 Å². The number of phenols is 1. The fourth-order valence-corrected chi connectivity index (χ4v) is 8.50. The number of hydrogen-bond donors (Lipinski definition) is 2. The molecular formula is C37H37ClN2O10. The fourth-order valence-electron chi connectivity index (χ4n) is 8.24. The molecule has 5 unspecified atom stereocenters. The number of amides is 1. The number of piperidine rings is 1. The molecule has 7 rings (SSSR count). The van der Waals surface area contributed by atoms with E-state index in [-0.39, 0.29) is 81.1 Å². The van der Waals surface area contributed by atoms with Gasteiger partial charge in [-0.15, -0.1) is 0 Å². The van der Waals surface area contributed by atoms with Gasteiger partial charge in [-0.3, -0.25) is 19.2 Å². The molecule has 1 saturated heterocycles. The molecule has 12 nitrogen and oxygen atoms in total. The number of methoxy groups -OCH3 is 3. The monoisotopic (exact) mass is 704 g/mol. The Morgan fingerprint density at radius 1 is 1.00 bits per heavy atom. The molecule has 0 saturated carbocycles. The molecular weight excluding hydrogens is 668 g/mol. The normalized spacial score (nSPS) is 24.4. The number of nitrogens with zero attached hydrogens (tertiary/aromatic N) is 2. The van der Waals surface area contributed by atoms with Gasteiger partial charge < -0.3 is 38.6 Å². The first kappa shape index (κ1) is 33.5. The van der Waals surface area contributed by atoms with Crippen LogP contribution in [0.5, 0.6) is 28.7 Å². The predicted octanol–water partition coefficient (Wildman–Crippen LogP) is 4.79. The van der Waals surface area contributed by atoms with E-state index in [0.29, 0.717) is 25.2 Å². The zero-order chi connectivity index (χ0) is 35.6. The van der Waals surface area contributed by atoms with Crippen LogP contribution in [0.3, 0.4) is 0 Å².